The fourth-order valence-electron chi connectivity index (χ4n) is 2.49. The van der Waals surface area contributed by atoms with Gasteiger partial charge in [0.25, 0.3) is 0 Å². The lowest BCUT2D eigenvalue weighted by Gasteiger charge is -2.13. The average Bonchev–Trinajstić information content (AvgIpc) is 2.93. The lowest BCUT2D eigenvalue weighted by molar-refractivity contribution is 0.106. The Bertz CT molecular complexity index is 387. The lowest BCUT2D eigenvalue weighted by Crippen LogP contribution is -2.22. The summed E-state index contributed by atoms with van der Waals surface area (Å²) in [6.07, 6.45) is 4.17. The zero-order valence-electron chi connectivity index (χ0n) is 11.0. The molecule has 3 rings (SSSR count). The molecular formula is C14H22N2O2. The largest absolute Gasteiger partial charge is 0.463 e. The molecule has 1 saturated heterocycles. The monoisotopic (exact) mass is 250 g/mol. The van der Waals surface area contributed by atoms with Gasteiger partial charge in [-0.2, -0.15) is 0 Å². The third-order valence-corrected chi connectivity index (χ3v) is 3.80. The van der Waals surface area contributed by atoms with Crippen LogP contribution in [0.15, 0.2) is 16.5 Å². The molecule has 18 heavy (non-hydrogen) atoms. The fourth-order valence-corrected chi connectivity index (χ4v) is 2.49. The Morgan fingerprint density at radius 2 is 2.17 bits per heavy atom. The quantitative estimate of drug-likeness (QED) is 0.834. The third kappa shape index (κ3) is 3.13. The summed E-state index contributed by atoms with van der Waals surface area (Å²) in [5.74, 6) is 2.12. The second-order valence-electron chi connectivity index (χ2n) is 5.40. The molecule has 100 valence electrons. The van der Waals surface area contributed by atoms with Crippen LogP contribution in [-0.2, 0) is 17.8 Å². The maximum Gasteiger partial charge on any atom is 0.118 e. The molecule has 4 heteroatoms. The lowest BCUT2D eigenvalue weighted by atomic mass is 10.3. The van der Waals surface area contributed by atoms with E-state index in [1.54, 1.807) is 7.11 Å². The molecular weight excluding hydrogens is 228 g/mol. The summed E-state index contributed by atoms with van der Waals surface area (Å²) >= 11 is 0. The Balaban J connectivity index is 1.47. The first-order valence-electron chi connectivity index (χ1n) is 6.89. The molecule has 2 heterocycles. The number of ether oxygens (including phenoxy) is 1. The van der Waals surface area contributed by atoms with Crippen LogP contribution in [0, 0.1) is 0 Å². The first kappa shape index (κ1) is 12.2. The number of hydrogen-bond acceptors (Lipinski definition) is 4. The van der Waals surface area contributed by atoms with E-state index >= 15 is 0 Å². The molecule has 1 atom stereocenters. The topological polar surface area (TPSA) is 37.6 Å². The number of furan rings is 1. The molecule has 0 amide bonds. The normalized spacial score (nSPS) is 24.8. The molecule has 0 spiro atoms. The Hall–Kier alpha value is -0.840. The van der Waals surface area contributed by atoms with Crippen molar-refractivity contribution in [3.63, 3.8) is 0 Å². The maximum absolute atomic E-state index is 5.85. The van der Waals surface area contributed by atoms with Crippen molar-refractivity contribution in [3.05, 3.63) is 23.7 Å². The van der Waals surface area contributed by atoms with Crippen LogP contribution >= 0.6 is 0 Å². The Morgan fingerprint density at radius 1 is 1.33 bits per heavy atom. The molecule has 2 aliphatic rings. The van der Waals surface area contributed by atoms with Gasteiger partial charge in [0, 0.05) is 26.2 Å². The van der Waals surface area contributed by atoms with Gasteiger partial charge in [-0.3, -0.25) is 4.90 Å². The summed E-state index contributed by atoms with van der Waals surface area (Å²) in [6, 6.07) is 4.93. The summed E-state index contributed by atoms with van der Waals surface area (Å²) in [5.41, 5.74) is 0. The molecule has 1 saturated carbocycles. The van der Waals surface area contributed by atoms with Gasteiger partial charge in [0.2, 0.25) is 0 Å². The first-order valence-corrected chi connectivity index (χ1v) is 6.89. The zero-order chi connectivity index (χ0) is 12.4. The van der Waals surface area contributed by atoms with E-state index in [0.29, 0.717) is 6.10 Å². The molecule has 0 bridgehead atoms. The van der Waals surface area contributed by atoms with E-state index < -0.39 is 0 Å². The van der Waals surface area contributed by atoms with Crippen molar-refractivity contribution < 1.29 is 9.15 Å². The van der Waals surface area contributed by atoms with Gasteiger partial charge in [-0.05, 0) is 31.4 Å². The van der Waals surface area contributed by atoms with Gasteiger partial charge < -0.3 is 14.5 Å². The highest BCUT2D eigenvalue weighted by atomic mass is 16.5. The number of rotatable bonds is 6. The highest BCUT2D eigenvalue weighted by molar-refractivity contribution is 5.07. The van der Waals surface area contributed by atoms with Crippen LogP contribution in [0.25, 0.3) is 0 Å². The van der Waals surface area contributed by atoms with Crippen LogP contribution in [0.5, 0.6) is 0 Å². The summed E-state index contributed by atoms with van der Waals surface area (Å²) in [5, 5.41) is 3.47. The molecule has 1 N–H and O–H groups in total. The van der Waals surface area contributed by atoms with Crippen molar-refractivity contribution >= 4 is 0 Å². The second kappa shape index (κ2) is 5.43. The highest BCUT2D eigenvalue weighted by Crippen LogP contribution is 2.20. The summed E-state index contributed by atoms with van der Waals surface area (Å²) in [4.78, 5) is 2.39. The Kier molecular flexibility index (Phi) is 3.68. The first-order chi connectivity index (χ1) is 8.83. The minimum Gasteiger partial charge on any atom is -0.463 e. The summed E-state index contributed by atoms with van der Waals surface area (Å²) < 4.78 is 11.2. The molecule has 0 aromatic carbocycles. The number of nitrogens with zero attached hydrogens (tertiary/aromatic N) is 1. The van der Waals surface area contributed by atoms with Crippen LogP contribution in [0.4, 0.5) is 0 Å². The van der Waals surface area contributed by atoms with E-state index in [1.807, 2.05) is 0 Å². The van der Waals surface area contributed by atoms with E-state index in [9.17, 15) is 0 Å². The van der Waals surface area contributed by atoms with E-state index in [0.717, 1.165) is 50.2 Å². The predicted molar refractivity (Wildman–Crippen MR) is 69.3 cm³/mol. The Morgan fingerprint density at radius 3 is 2.89 bits per heavy atom. The van der Waals surface area contributed by atoms with E-state index in [1.165, 1.54) is 12.8 Å². The zero-order valence-corrected chi connectivity index (χ0v) is 11.0. The minimum absolute atomic E-state index is 0.399. The molecule has 4 nitrogen and oxygen atoms in total. The van der Waals surface area contributed by atoms with Gasteiger partial charge in [-0.15, -0.1) is 0 Å². The van der Waals surface area contributed by atoms with Crippen molar-refractivity contribution in [3.8, 4) is 0 Å². The second-order valence-corrected chi connectivity index (χ2v) is 5.40. The molecule has 2 fully saturated rings. The highest BCUT2D eigenvalue weighted by Gasteiger charge is 2.23. The molecule has 0 radical (unpaired) electrons. The number of methoxy groups -OCH3 is 1. The van der Waals surface area contributed by atoms with Crippen LogP contribution in [0.2, 0.25) is 0 Å². The van der Waals surface area contributed by atoms with Crippen molar-refractivity contribution in [2.75, 3.05) is 20.2 Å². The number of nitrogens with one attached hydrogen (secondary N) is 1. The van der Waals surface area contributed by atoms with Gasteiger partial charge in [-0.1, -0.05) is 0 Å². The van der Waals surface area contributed by atoms with Crippen LogP contribution in [0.1, 0.15) is 30.8 Å². The average molecular weight is 250 g/mol. The third-order valence-electron chi connectivity index (χ3n) is 3.80. The van der Waals surface area contributed by atoms with E-state index in [4.69, 9.17) is 9.15 Å². The van der Waals surface area contributed by atoms with Gasteiger partial charge >= 0.3 is 0 Å². The van der Waals surface area contributed by atoms with Crippen molar-refractivity contribution in [2.24, 2.45) is 0 Å². The molecule has 1 aliphatic carbocycles. The molecule has 1 unspecified atom stereocenters. The van der Waals surface area contributed by atoms with Gasteiger partial charge in [-0.25, -0.2) is 0 Å². The smallest absolute Gasteiger partial charge is 0.118 e. The van der Waals surface area contributed by atoms with Crippen LogP contribution < -0.4 is 5.32 Å². The van der Waals surface area contributed by atoms with Crippen molar-refractivity contribution in [1.82, 2.24) is 10.2 Å². The number of hydrogen-bond donors (Lipinski definition) is 1. The fraction of sp³-hybridized carbons (Fsp3) is 0.714. The van der Waals surface area contributed by atoms with Crippen LogP contribution in [0.3, 0.4) is 0 Å². The van der Waals surface area contributed by atoms with Gasteiger partial charge in [0.15, 0.2) is 0 Å². The molecule has 1 aliphatic heterocycles. The summed E-state index contributed by atoms with van der Waals surface area (Å²) in [7, 11) is 1.79. The van der Waals surface area contributed by atoms with Crippen molar-refractivity contribution in [1.29, 1.82) is 0 Å². The van der Waals surface area contributed by atoms with E-state index in [-0.39, 0.29) is 0 Å². The standard InChI is InChI=1S/C14H22N2O2/c1-17-13-6-7-16(9-13)10-14-5-4-12(18-14)8-15-11-2-3-11/h4-5,11,13,15H,2-3,6-10H2,1H3. The molecule has 1 aromatic rings. The van der Waals surface area contributed by atoms with Crippen LogP contribution in [-0.4, -0.2) is 37.2 Å². The van der Waals surface area contributed by atoms with Gasteiger partial charge in [0.05, 0.1) is 19.2 Å². The summed E-state index contributed by atoms with van der Waals surface area (Å²) in [6.45, 7) is 3.90. The van der Waals surface area contributed by atoms with Crippen molar-refractivity contribution in [2.45, 2.75) is 44.5 Å². The number of likely N-dealkylation sites (tertiary alicyclic amines) is 1. The van der Waals surface area contributed by atoms with E-state index in [2.05, 4.69) is 22.3 Å². The van der Waals surface area contributed by atoms with Gasteiger partial charge in [0.1, 0.15) is 11.5 Å². The predicted octanol–water partition coefficient (Wildman–Crippen LogP) is 1.75. The Labute approximate surface area is 108 Å². The maximum atomic E-state index is 5.85. The molecule has 1 aromatic heterocycles. The SMILES string of the molecule is COC1CCN(Cc2ccc(CNC3CC3)o2)C1. The minimum atomic E-state index is 0.399.